The third-order valence-corrected chi connectivity index (χ3v) is 1.63. The lowest BCUT2D eigenvalue weighted by atomic mass is 10.3. The van der Waals surface area contributed by atoms with E-state index in [-0.39, 0.29) is 18.0 Å². The molecule has 1 aromatic rings. The number of ether oxygens (including phenoxy) is 2. The number of rotatable bonds is 2. The van der Waals surface area contributed by atoms with Crippen molar-refractivity contribution in [1.29, 1.82) is 0 Å². The topological polar surface area (TPSA) is 78.4 Å². The first-order valence-corrected chi connectivity index (χ1v) is 4.78. The molecule has 0 amide bonds. The molecule has 1 aromatic heterocycles. The zero-order chi connectivity index (χ0) is 12.7. The Labute approximate surface area is 97.9 Å². The van der Waals surface area contributed by atoms with Gasteiger partial charge in [0.15, 0.2) is 5.69 Å². The van der Waals surface area contributed by atoms with Crippen LogP contribution >= 0.6 is 0 Å². The number of aromatic nitrogens is 2. The van der Waals surface area contributed by atoms with Gasteiger partial charge >= 0.3 is 11.9 Å². The second kappa shape index (κ2) is 6.23. The molecule has 6 heteroatoms. The predicted molar refractivity (Wildman–Crippen MR) is 56.9 cm³/mol. The van der Waals surface area contributed by atoms with Crippen molar-refractivity contribution in [3.05, 3.63) is 23.5 Å². The number of nitrogens with zero attached hydrogens (tertiary/aromatic N) is 2. The molecule has 0 unspecified atom stereocenters. The zero-order valence-electron chi connectivity index (χ0n) is 9.39. The monoisotopic (exact) mass is 234 g/mol. The molecule has 1 heterocycles. The van der Waals surface area contributed by atoms with Crippen LogP contribution in [0.2, 0.25) is 0 Å². The normalized spacial score (nSPS) is 8.82. The lowest BCUT2D eigenvalue weighted by Gasteiger charge is -1.95. The van der Waals surface area contributed by atoms with Gasteiger partial charge in [0, 0.05) is 5.92 Å². The Morgan fingerprint density at radius 1 is 1.35 bits per heavy atom. The van der Waals surface area contributed by atoms with Crippen molar-refractivity contribution < 1.29 is 19.1 Å². The molecule has 0 aliphatic carbocycles. The summed E-state index contributed by atoms with van der Waals surface area (Å²) >= 11 is 0. The third kappa shape index (κ3) is 3.91. The van der Waals surface area contributed by atoms with Crippen molar-refractivity contribution in [1.82, 2.24) is 10.2 Å². The lowest BCUT2D eigenvalue weighted by Crippen LogP contribution is -2.06. The van der Waals surface area contributed by atoms with E-state index < -0.39 is 11.9 Å². The van der Waals surface area contributed by atoms with Crippen molar-refractivity contribution in [3.8, 4) is 11.8 Å². The van der Waals surface area contributed by atoms with Crippen LogP contribution in [0.3, 0.4) is 0 Å². The molecule has 0 radical (unpaired) electrons. The highest BCUT2D eigenvalue weighted by Crippen LogP contribution is 1.97. The smallest absolute Gasteiger partial charge is 0.384 e. The number of methoxy groups -OCH3 is 1. The summed E-state index contributed by atoms with van der Waals surface area (Å²) in [6.45, 7) is 1.95. The predicted octanol–water partition coefficient (Wildman–Crippen LogP) is 0.178. The number of hydrogen-bond donors (Lipinski definition) is 0. The maximum atomic E-state index is 11.0. The van der Waals surface area contributed by atoms with Crippen LogP contribution in [0.25, 0.3) is 0 Å². The average molecular weight is 234 g/mol. The van der Waals surface area contributed by atoms with E-state index >= 15 is 0 Å². The fraction of sp³-hybridized carbons (Fsp3) is 0.273. The van der Waals surface area contributed by atoms with E-state index in [0.29, 0.717) is 0 Å². The largest absolute Gasteiger partial charge is 0.464 e. The molecule has 0 aromatic carbocycles. The summed E-state index contributed by atoms with van der Waals surface area (Å²) in [5.74, 6) is 3.48. The van der Waals surface area contributed by atoms with Crippen molar-refractivity contribution in [2.24, 2.45) is 0 Å². The Balaban J connectivity index is 2.75. The van der Waals surface area contributed by atoms with E-state index in [2.05, 4.69) is 31.5 Å². The summed E-state index contributed by atoms with van der Waals surface area (Å²) in [6.07, 6.45) is 0. The van der Waals surface area contributed by atoms with Gasteiger partial charge in [-0.15, -0.1) is 10.2 Å². The van der Waals surface area contributed by atoms with Gasteiger partial charge in [0.1, 0.15) is 5.69 Å². The summed E-state index contributed by atoms with van der Waals surface area (Å²) in [4.78, 5) is 22.0. The molecule has 17 heavy (non-hydrogen) atoms. The summed E-state index contributed by atoms with van der Waals surface area (Å²) in [6, 6.07) is 2.87. The van der Waals surface area contributed by atoms with Crippen LogP contribution in [-0.4, -0.2) is 35.9 Å². The highest BCUT2D eigenvalue weighted by atomic mass is 16.5. The molecule has 0 N–H and O–H groups in total. The second-order valence-corrected chi connectivity index (χ2v) is 2.77. The highest BCUT2D eigenvalue weighted by molar-refractivity contribution is 5.89. The molecule has 0 aliphatic rings. The van der Waals surface area contributed by atoms with Gasteiger partial charge in [-0.3, -0.25) is 0 Å². The van der Waals surface area contributed by atoms with Crippen LogP contribution < -0.4 is 0 Å². The minimum Gasteiger partial charge on any atom is -0.464 e. The maximum Gasteiger partial charge on any atom is 0.384 e. The molecule has 88 valence electrons. The van der Waals surface area contributed by atoms with Gasteiger partial charge in [-0.1, -0.05) is 0 Å². The van der Waals surface area contributed by atoms with Crippen LogP contribution in [-0.2, 0) is 14.3 Å². The summed E-state index contributed by atoms with van der Waals surface area (Å²) in [5.41, 5.74) is 0.347. The first kappa shape index (κ1) is 12.6. The Bertz CT molecular complexity index is 470. The quantitative estimate of drug-likeness (QED) is 0.536. The van der Waals surface area contributed by atoms with Crippen LogP contribution in [0.15, 0.2) is 12.1 Å². The lowest BCUT2D eigenvalue weighted by molar-refractivity contribution is -0.136. The van der Waals surface area contributed by atoms with Gasteiger partial charge in [-0.25, -0.2) is 9.59 Å². The van der Waals surface area contributed by atoms with Crippen LogP contribution in [0.1, 0.15) is 23.1 Å². The third-order valence-electron chi connectivity index (χ3n) is 1.63. The van der Waals surface area contributed by atoms with Crippen molar-refractivity contribution in [2.75, 3.05) is 13.7 Å². The molecule has 0 saturated heterocycles. The minimum absolute atomic E-state index is 0.0779. The second-order valence-electron chi connectivity index (χ2n) is 2.77. The van der Waals surface area contributed by atoms with E-state index in [1.54, 1.807) is 6.92 Å². The molecule has 0 aliphatic heterocycles. The molecule has 0 bridgehead atoms. The molecule has 0 spiro atoms. The summed E-state index contributed by atoms with van der Waals surface area (Å²) in [7, 11) is 1.25. The van der Waals surface area contributed by atoms with E-state index in [1.165, 1.54) is 19.2 Å². The number of hydrogen-bond acceptors (Lipinski definition) is 6. The fourth-order valence-corrected chi connectivity index (χ4v) is 0.895. The van der Waals surface area contributed by atoms with Crippen molar-refractivity contribution >= 4 is 11.9 Å². The number of carbonyl (C=O) groups is 2. The standard InChI is InChI=1S/C11H10N2O4/c1-3-17-10(14)7-5-8-4-6-9(13-12-8)11(15)16-2/h4,6H,3H2,1-2H3. The van der Waals surface area contributed by atoms with Gasteiger partial charge in [0.25, 0.3) is 0 Å². The minimum atomic E-state index is -0.633. The Hall–Kier alpha value is -2.42. The first-order valence-electron chi connectivity index (χ1n) is 4.78. The van der Waals surface area contributed by atoms with E-state index in [4.69, 9.17) is 0 Å². The molecule has 6 nitrogen and oxygen atoms in total. The Kier molecular flexibility index (Phi) is 4.63. The van der Waals surface area contributed by atoms with Crippen LogP contribution in [0.5, 0.6) is 0 Å². The molecular weight excluding hydrogens is 224 g/mol. The number of carbonyl (C=O) groups excluding carboxylic acids is 2. The van der Waals surface area contributed by atoms with Crippen molar-refractivity contribution in [3.63, 3.8) is 0 Å². The Morgan fingerprint density at radius 2 is 2.12 bits per heavy atom. The van der Waals surface area contributed by atoms with Crippen LogP contribution in [0.4, 0.5) is 0 Å². The van der Waals surface area contributed by atoms with E-state index in [1.807, 2.05) is 0 Å². The average Bonchev–Trinajstić information content (AvgIpc) is 2.36. The van der Waals surface area contributed by atoms with E-state index in [9.17, 15) is 9.59 Å². The summed E-state index contributed by atoms with van der Waals surface area (Å²) in [5, 5.41) is 7.24. The van der Waals surface area contributed by atoms with Gasteiger partial charge in [0.05, 0.1) is 13.7 Å². The fourth-order valence-electron chi connectivity index (χ4n) is 0.895. The van der Waals surface area contributed by atoms with Gasteiger partial charge in [-0.2, -0.15) is 0 Å². The number of esters is 2. The van der Waals surface area contributed by atoms with Gasteiger partial charge in [-0.05, 0) is 25.0 Å². The highest BCUT2D eigenvalue weighted by Gasteiger charge is 2.06. The van der Waals surface area contributed by atoms with Crippen molar-refractivity contribution in [2.45, 2.75) is 6.92 Å². The van der Waals surface area contributed by atoms with Gasteiger partial charge < -0.3 is 9.47 Å². The molecule has 0 saturated carbocycles. The van der Waals surface area contributed by atoms with Gasteiger partial charge in [0.2, 0.25) is 0 Å². The molecular formula is C11H10N2O4. The van der Waals surface area contributed by atoms with Crippen LogP contribution in [0, 0.1) is 11.8 Å². The Morgan fingerprint density at radius 3 is 2.65 bits per heavy atom. The molecule has 0 fully saturated rings. The molecule has 1 rings (SSSR count). The zero-order valence-corrected chi connectivity index (χ0v) is 9.39. The summed E-state index contributed by atoms with van der Waals surface area (Å²) < 4.78 is 9.06. The van der Waals surface area contributed by atoms with E-state index in [0.717, 1.165) is 0 Å². The SMILES string of the molecule is CCOC(=O)C#Cc1ccc(C(=O)OC)nn1. The maximum absolute atomic E-state index is 11.0. The molecule has 0 atom stereocenters. The first-order chi connectivity index (χ1) is 8.17.